The summed E-state index contributed by atoms with van der Waals surface area (Å²) < 4.78 is 19.9. The number of likely N-dealkylation sites (tertiary alicyclic amines) is 2. The van der Waals surface area contributed by atoms with Crippen molar-refractivity contribution in [1.82, 2.24) is 9.80 Å². The van der Waals surface area contributed by atoms with Crippen molar-refractivity contribution in [3.8, 4) is 0 Å². The van der Waals surface area contributed by atoms with E-state index in [9.17, 15) is 14.3 Å². The number of piperidine rings is 1. The lowest BCUT2D eigenvalue weighted by Gasteiger charge is -2.38. The monoisotopic (exact) mass is 376 g/mol. The van der Waals surface area contributed by atoms with Gasteiger partial charge in [0.25, 0.3) is 5.91 Å². The van der Waals surface area contributed by atoms with Gasteiger partial charge in [-0.15, -0.1) is 0 Å². The van der Waals surface area contributed by atoms with Gasteiger partial charge in [0.2, 0.25) is 0 Å². The van der Waals surface area contributed by atoms with Crippen LogP contribution in [0.3, 0.4) is 0 Å². The molecule has 3 saturated heterocycles. The van der Waals surface area contributed by atoms with Crippen LogP contribution in [0, 0.1) is 18.2 Å². The molecule has 0 saturated carbocycles. The highest BCUT2D eigenvalue weighted by molar-refractivity contribution is 5.94. The van der Waals surface area contributed by atoms with Gasteiger partial charge in [0.15, 0.2) is 0 Å². The Bertz CT molecular complexity index is 703. The molecule has 1 aromatic rings. The van der Waals surface area contributed by atoms with Crippen LogP contribution in [0.4, 0.5) is 4.39 Å². The second-order valence-electron chi connectivity index (χ2n) is 8.60. The van der Waals surface area contributed by atoms with E-state index in [4.69, 9.17) is 4.74 Å². The Morgan fingerprint density at radius 1 is 1.33 bits per heavy atom. The minimum atomic E-state index is -0.326. The summed E-state index contributed by atoms with van der Waals surface area (Å²) >= 11 is 0. The van der Waals surface area contributed by atoms with E-state index < -0.39 is 0 Å². The zero-order valence-corrected chi connectivity index (χ0v) is 16.0. The van der Waals surface area contributed by atoms with Crippen LogP contribution >= 0.6 is 0 Å². The first-order chi connectivity index (χ1) is 12.9. The van der Waals surface area contributed by atoms with Crippen LogP contribution in [-0.4, -0.2) is 72.4 Å². The first-order valence-electron chi connectivity index (χ1n) is 10.0. The highest BCUT2D eigenvalue weighted by atomic mass is 19.1. The van der Waals surface area contributed by atoms with Crippen LogP contribution in [0.1, 0.15) is 41.6 Å². The molecule has 148 valence electrons. The Kier molecular flexibility index (Phi) is 5.23. The van der Waals surface area contributed by atoms with E-state index >= 15 is 0 Å². The molecule has 2 atom stereocenters. The number of carbonyl (C=O) groups excluding carboxylic acids is 1. The third kappa shape index (κ3) is 4.03. The van der Waals surface area contributed by atoms with Gasteiger partial charge in [-0.2, -0.15) is 0 Å². The van der Waals surface area contributed by atoms with Crippen LogP contribution < -0.4 is 0 Å². The standard InChI is InChI=1S/C21H29FN2O3/c1-15-2-3-16(10-19(15)22)20(26)24-8-5-21(6-9-24)11-18(27-14-21)13-23-7-4-17(25)12-23/h2-3,10,17-18,25H,4-9,11-14H2,1H3/t17-,18-/m0/s1. The lowest BCUT2D eigenvalue weighted by molar-refractivity contribution is 0.0451. The molecule has 0 aromatic heterocycles. The fraction of sp³-hybridized carbons (Fsp3) is 0.667. The summed E-state index contributed by atoms with van der Waals surface area (Å²) in [6.07, 6.45) is 3.79. The number of halogens is 1. The van der Waals surface area contributed by atoms with E-state index in [0.717, 1.165) is 51.9 Å². The normalized spacial score (nSPS) is 28.2. The first kappa shape index (κ1) is 18.8. The van der Waals surface area contributed by atoms with Crippen LogP contribution in [-0.2, 0) is 4.74 Å². The highest BCUT2D eigenvalue weighted by Gasteiger charge is 2.43. The summed E-state index contributed by atoms with van der Waals surface area (Å²) in [6.45, 7) is 6.46. The Morgan fingerprint density at radius 2 is 2.11 bits per heavy atom. The summed E-state index contributed by atoms with van der Waals surface area (Å²) in [5.41, 5.74) is 1.16. The van der Waals surface area contributed by atoms with Crippen LogP contribution in [0.25, 0.3) is 0 Å². The summed E-state index contributed by atoms with van der Waals surface area (Å²) in [5, 5.41) is 9.68. The SMILES string of the molecule is Cc1ccc(C(=O)N2CCC3(CC2)CO[C@H](CN2CC[C@H](O)C2)C3)cc1F. The molecule has 1 aromatic carbocycles. The van der Waals surface area contributed by atoms with Crippen molar-refractivity contribution < 1.29 is 19.0 Å². The average molecular weight is 376 g/mol. The molecule has 27 heavy (non-hydrogen) atoms. The largest absolute Gasteiger partial charge is 0.392 e. The molecule has 3 fully saturated rings. The lowest BCUT2D eigenvalue weighted by atomic mass is 9.76. The van der Waals surface area contributed by atoms with E-state index in [1.54, 1.807) is 19.1 Å². The van der Waals surface area contributed by atoms with Gasteiger partial charge in [-0.3, -0.25) is 9.69 Å². The summed E-state index contributed by atoms with van der Waals surface area (Å²) in [4.78, 5) is 16.8. The van der Waals surface area contributed by atoms with Crippen molar-refractivity contribution >= 4 is 5.91 Å². The number of aliphatic hydroxyl groups is 1. The molecule has 0 unspecified atom stereocenters. The molecule has 0 aliphatic carbocycles. The lowest BCUT2D eigenvalue weighted by Crippen LogP contribution is -2.43. The van der Waals surface area contributed by atoms with Crippen molar-refractivity contribution in [2.45, 2.75) is 44.8 Å². The third-order valence-electron chi connectivity index (χ3n) is 6.53. The summed E-state index contributed by atoms with van der Waals surface area (Å²) in [5.74, 6) is -0.404. The predicted octanol–water partition coefficient (Wildman–Crippen LogP) is 2.21. The Labute approximate surface area is 160 Å². The van der Waals surface area contributed by atoms with E-state index in [1.807, 2.05) is 4.90 Å². The third-order valence-corrected chi connectivity index (χ3v) is 6.53. The molecule has 1 amide bonds. The van der Waals surface area contributed by atoms with Crippen LogP contribution in [0.15, 0.2) is 18.2 Å². The van der Waals surface area contributed by atoms with Gasteiger partial charge >= 0.3 is 0 Å². The van der Waals surface area contributed by atoms with Gasteiger partial charge in [0.05, 0.1) is 18.8 Å². The number of aliphatic hydroxyl groups excluding tert-OH is 1. The molecule has 0 radical (unpaired) electrons. The number of rotatable bonds is 3. The van der Waals surface area contributed by atoms with Crippen molar-refractivity contribution in [2.75, 3.05) is 39.3 Å². The highest BCUT2D eigenvalue weighted by Crippen LogP contribution is 2.42. The maximum Gasteiger partial charge on any atom is 0.253 e. The fourth-order valence-electron chi connectivity index (χ4n) is 4.72. The first-order valence-corrected chi connectivity index (χ1v) is 10.0. The summed E-state index contributed by atoms with van der Waals surface area (Å²) in [7, 11) is 0. The average Bonchev–Trinajstić information content (AvgIpc) is 3.24. The zero-order valence-electron chi connectivity index (χ0n) is 16.0. The number of aryl methyl sites for hydroxylation is 1. The van der Waals surface area contributed by atoms with Crippen molar-refractivity contribution in [1.29, 1.82) is 0 Å². The Balaban J connectivity index is 1.31. The molecule has 6 heteroatoms. The zero-order chi connectivity index (χ0) is 19.0. The van der Waals surface area contributed by atoms with Gasteiger partial charge in [-0.25, -0.2) is 4.39 Å². The number of hydrogen-bond donors (Lipinski definition) is 1. The second-order valence-corrected chi connectivity index (χ2v) is 8.60. The van der Waals surface area contributed by atoms with Crippen LogP contribution in [0.5, 0.6) is 0 Å². The van der Waals surface area contributed by atoms with Crippen molar-refractivity contribution in [3.05, 3.63) is 35.1 Å². The molecule has 5 nitrogen and oxygen atoms in total. The smallest absolute Gasteiger partial charge is 0.253 e. The van der Waals surface area contributed by atoms with Gasteiger partial charge in [0, 0.05) is 38.3 Å². The molecule has 3 aliphatic heterocycles. The molecule has 3 aliphatic rings. The minimum Gasteiger partial charge on any atom is -0.392 e. The number of carbonyl (C=O) groups is 1. The molecule has 3 heterocycles. The number of hydrogen-bond acceptors (Lipinski definition) is 4. The maximum atomic E-state index is 13.8. The van der Waals surface area contributed by atoms with E-state index in [0.29, 0.717) is 24.2 Å². The van der Waals surface area contributed by atoms with Crippen molar-refractivity contribution in [2.24, 2.45) is 5.41 Å². The molecule has 0 bridgehead atoms. The molecule has 1 N–H and O–H groups in total. The van der Waals surface area contributed by atoms with Gasteiger partial charge < -0.3 is 14.7 Å². The van der Waals surface area contributed by atoms with Gasteiger partial charge in [-0.1, -0.05) is 6.07 Å². The Morgan fingerprint density at radius 3 is 2.78 bits per heavy atom. The van der Waals surface area contributed by atoms with E-state index in [2.05, 4.69) is 4.90 Å². The number of β-amino-alcohol motifs (C(OH)–C–C–N with tert-alkyl or cyclic N) is 1. The maximum absolute atomic E-state index is 13.8. The molecule has 1 spiro atoms. The number of amides is 1. The fourth-order valence-corrected chi connectivity index (χ4v) is 4.72. The minimum absolute atomic E-state index is 0.0785. The molecular weight excluding hydrogens is 347 g/mol. The second kappa shape index (κ2) is 7.49. The van der Waals surface area contributed by atoms with Gasteiger partial charge in [-0.05, 0) is 55.7 Å². The molecule has 4 rings (SSSR count). The predicted molar refractivity (Wildman–Crippen MR) is 100 cm³/mol. The van der Waals surface area contributed by atoms with Gasteiger partial charge in [0.1, 0.15) is 5.82 Å². The van der Waals surface area contributed by atoms with E-state index in [-0.39, 0.29) is 29.3 Å². The quantitative estimate of drug-likeness (QED) is 0.879. The van der Waals surface area contributed by atoms with Crippen molar-refractivity contribution in [3.63, 3.8) is 0 Å². The van der Waals surface area contributed by atoms with Crippen LogP contribution in [0.2, 0.25) is 0 Å². The Hall–Kier alpha value is -1.50. The number of ether oxygens (including phenoxy) is 1. The number of benzene rings is 1. The molecular formula is C21H29FN2O3. The topological polar surface area (TPSA) is 53.0 Å². The summed E-state index contributed by atoms with van der Waals surface area (Å²) in [6, 6.07) is 4.73. The number of nitrogens with zero attached hydrogens (tertiary/aromatic N) is 2. The van der Waals surface area contributed by atoms with E-state index in [1.165, 1.54) is 6.07 Å².